The molecule has 4 heteroatoms. The Hall–Kier alpha value is -1.09. The maximum absolute atomic E-state index is 6.30. The van der Waals surface area contributed by atoms with E-state index >= 15 is 0 Å². The van der Waals surface area contributed by atoms with Crippen molar-refractivity contribution >= 4 is 50.0 Å². The largest absolute Gasteiger partial charge is 0.248 e. The Labute approximate surface area is 129 Å². The fraction of sp³-hybridized carbons (Fsp3) is 0. The van der Waals surface area contributed by atoms with Crippen LogP contribution in [-0.2, 0) is 0 Å². The molecule has 0 aliphatic carbocycles. The topological polar surface area (TPSA) is 12.9 Å². The fourth-order valence-electron chi connectivity index (χ4n) is 1.93. The Bertz CT molecular complexity index is 754. The molecule has 0 fully saturated rings. The lowest BCUT2D eigenvalue weighted by atomic mass is 10.1. The monoisotopic (exact) mass is 351 g/mol. The lowest BCUT2D eigenvalue weighted by molar-refractivity contribution is 1.40. The predicted molar refractivity (Wildman–Crippen MR) is 84.9 cm³/mol. The van der Waals surface area contributed by atoms with Crippen LogP contribution in [0.4, 0.5) is 0 Å². The molecule has 0 bridgehead atoms. The fourth-order valence-corrected chi connectivity index (χ4v) is 2.62. The van der Waals surface area contributed by atoms with Crippen molar-refractivity contribution in [3.63, 3.8) is 0 Å². The summed E-state index contributed by atoms with van der Waals surface area (Å²) < 4.78 is 1.03. The Balaban J connectivity index is 2.22. The highest BCUT2D eigenvalue weighted by Gasteiger charge is 2.06. The Kier molecular flexibility index (Phi) is 3.48. The molecule has 0 saturated carbocycles. The van der Waals surface area contributed by atoms with Gasteiger partial charge >= 0.3 is 0 Å². The lowest BCUT2D eigenvalue weighted by Crippen LogP contribution is -1.86. The first-order valence-corrected chi connectivity index (χ1v) is 7.20. The van der Waals surface area contributed by atoms with Crippen LogP contribution in [0.1, 0.15) is 0 Å². The third kappa shape index (κ3) is 2.62. The maximum atomic E-state index is 6.30. The van der Waals surface area contributed by atoms with Gasteiger partial charge in [0.25, 0.3) is 0 Å². The van der Waals surface area contributed by atoms with Crippen molar-refractivity contribution in [2.45, 2.75) is 0 Å². The zero-order valence-electron chi connectivity index (χ0n) is 9.70. The Morgan fingerprint density at radius 2 is 1.63 bits per heavy atom. The molecule has 0 unspecified atom stereocenters. The number of rotatable bonds is 1. The minimum atomic E-state index is 0.657. The van der Waals surface area contributed by atoms with Gasteiger partial charge in [-0.1, -0.05) is 51.3 Å². The molecule has 0 aliphatic heterocycles. The maximum Gasteiger partial charge on any atom is 0.0739 e. The van der Waals surface area contributed by atoms with Crippen LogP contribution in [0.25, 0.3) is 22.2 Å². The minimum absolute atomic E-state index is 0.657. The first-order chi connectivity index (χ1) is 9.13. The lowest BCUT2D eigenvalue weighted by Gasteiger charge is -2.06. The van der Waals surface area contributed by atoms with Crippen LogP contribution in [0.3, 0.4) is 0 Å². The summed E-state index contributed by atoms with van der Waals surface area (Å²) in [6.45, 7) is 0. The van der Waals surface area contributed by atoms with E-state index in [2.05, 4.69) is 20.9 Å². The number of aromatic nitrogens is 1. The zero-order valence-corrected chi connectivity index (χ0v) is 12.8. The third-order valence-electron chi connectivity index (χ3n) is 2.86. The van der Waals surface area contributed by atoms with Gasteiger partial charge < -0.3 is 0 Å². The average molecular weight is 353 g/mol. The highest BCUT2D eigenvalue weighted by atomic mass is 79.9. The number of benzene rings is 2. The number of hydrogen-bond donors (Lipinski definition) is 0. The summed E-state index contributed by atoms with van der Waals surface area (Å²) in [4.78, 5) is 4.61. The number of nitrogens with zero attached hydrogens (tertiary/aromatic N) is 1. The molecule has 19 heavy (non-hydrogen) atoms. The van der Waals surface area contributed by atoms with Gasteiger partial charge in [-0.25, -0.2) is 4.98 Å². The highest BCUT2D eigenvalue weighted by Crippen LogP contribution is 2.30. The van der Waals surface area contributed by atoms with Gasteiger partial charge in [-0.3, -0.25) is 0 Å². The summed E-state index contributed by atoms with van der Waals surface area (Å²) in [7, 11) is 0. The van der Waals surface area contributed by atoms with Gasteiger partial charge in [-0.2, -0.15) is 0 Å². The molecule has 0 amide bonds. The molecule has 3 aromatic rings. The first kappa shape index (κ1) is 12.9. The SMILES string of the molecule is Clc1ccc2c(Cl)cc(-c3ccc(Br)cc3)nc2c1. The van der Waals surface area contributed by atoms with Gasteiger partial charge in [0.1, 0.15) is 0 Å². The van der Waals surface area contributed by atoms with Crippen molar-refractivity contribution in [3.8, 4) is 11.3 Å². The molecular weight excluding hydrogens is 345 g/mol. The van der Waals surface area contributed by atoms with Gasteiger partial charge in [0.15, 0.2) is 0 Å². The second-order valence-corrected chi connectivity index (χ2v) is 5.92. The van der Waals surface area contributed by atoms with Crippen LogP contribution in [-0.4, -0.2) is 4.98 Å². The molecule has 0 saturated heterocycles. The molecule has 94 valence electrons. The Morgan fingerprint density at radius 1 is 0.895 bits per heavy atom. The van der Waals surface area contributed by atoms with E-state index in [1.54, 1.807) is 0 Å². The standard InChI is InChI=1S/C15H8BrCl2N/c16-10-3-1-9(2-4-10)14-8-13(18)12-6-5-11(17)7-15(12)19-14/h1-8H. The van der Waals surface area contributed by atoms with E-state index in [0.29, 0.717) is 10.0 Å². The smallest absolute Gasteiger partial charge is 0.0739 e. The minimum Gasteiger partial charge on any atom is -0.248 e. The van der Waals surface area contributed by atoms with Crippen molar-refractivity contribution in [1.29, 1.82) is 0 Å². The van der Waals surface area contributed by atoms with Gasteiger partial charge in [0.2, 0.25) is 0 Å². The van der Waals surface area contributed by atoms with Crippen LogP contribution in [0, 0.1) is 0 Å². The average Bonchev–Trinajstić information content (AvgIpc) is 2.38. The molecule has 0 atom stereocenters. The molecule has 3 rings (SSSR count). The first-order valence-electron chi connectivity index (χ1n) is 5.65. The molecule has 0 aliphatic rings. The zero-order chi connectivity index (χ0) is 13.4. The van der Waals surface area contributed by atoms with Crippen LogP contribution in [0.5, 0.6) is 0 Å². The van der Waals surface area contributed by atoms with E-state index in [4.69, 9.17) is 23.2 Å². The summed E-state index contributed by atoms with van der Waals surface area (Å²) in [6, 6.07) is 15.4. The van der Waals surface area contributed by atoms with Gasteiger partial charge in [-0.05, 0) is 36.4 Å². The second-order valence-electron chi connectivity index (χ2n) is 4.16. The number of fused-ring (bicyclic) bond motifs is 1. The summed E-state index contributed by atoms with van der Waals surface area (Å²) in [6.07, 6.45) is 0. The summed E-state index contributed by atoms with van der Waals surface area (Å²) in [5.74, 6) is 0. The number of hydrogen-bond acceptors (Lipinski definition) is 1. The van der Waals surface area contributed by atoms with E-state index in [1.165, 1.54) is 0 Å². The van der Waals surface area contributed by atoms with Gasteiger partial charge in [0, 0.05) is 20.4 Å². The van der Waals surface area contributed by atoms with Crippen LogP contribution < -0.4 is 0 Å². The molecular formula is C15H8BrCl2N. The highest BCUT2D eigenvalue weighted by molar-refractivity contribution is 9.10. The number of halogens is 3. The molecule has 0 radical (unpaired) electrons. The quantitative estimate of drug-likeness (QED) is 0.525. The van der Waals surface area contributed by atoms with Crippen molar-refractivity contribution < 1.29 is 0 Å². The van der Waals surface area contributed by atoms with E-state index in [1.807, 2.05) is 48.5 Å². The second kappa shape index (κ2) is 5.12. The van der Waals surface area contributed by atoms with E-state index in [9.17, 15) is 0 Å². The van der Waals surface area contributed by atoms with Crippen molar-refractivity contribution in [3.05, 3.63) is 63.0 Å². The summed E-state index contributed by atoms with van der Waals surface area (Å²) in [5.41, 5.74) is 2.66. The van der Waals surface area contributed by atoms with Crippen molar-refractivity contribution in [2.75, 3.05) is 0 Å². The molecule has 1 aromatic heterocycles. The van der Waals surface area contributed by atoms with Crippen molar-refractivity contribution in [2.24, 2.45) is 0 Å². The van der Waals surface area contributed by atoms with Gasteiger partial charge in [-0.15, -0.1) is 0 Å². The molecule has 1 heterocycles. The van der Waals surface area contributed by atoms with E-state index < -0.39 is 0 Å². The van der Waals surface area contributed by atoms with Crippen molar-refractivity contribution in [1.82, 2.24) is 4.98 Å². The molecule has 0 spiro atoms. The van der Waals surface area contributed by atoms with Gasteiger partial charge in [0.05, 0.1) is 16.2 Å². The summed E-state index contributed by atoms with van der Waals surface area (Å²) >= 11 is 15.7. The normalized spacial score (nSPS) is 10.9. The van der Waals surface area contributed by atoms with E-state index in [0.717, 1.165) is 26.6 Å². The third-order valence-corrected chi connectivity index (χ3v) is 3.94. The van der Waals surface area contributed by atoms with E-state index in [-0.39, 0.29) is 0 Å². The van der Waals surface area contributed by atoms with Crippen LogP contribution in [0.2, 0.25) is 10.0 Å². The molecule has 2 aromatic carbocycles. The number of pyridine rings is 1. The van der Waals surface area contributed by atoms with Crippen LogP contribution in [0.15, 0.2) is 53.0 Å². The Morgan fingerprint density at radius 3 is 2.37 bits per heavy atom. The molecule has 0 N–H and O–H groups in total. The molecule has 1 nitrogen and oxygen atoms in total. The summed E-state index contributed by atoms with van der Waals surface area (Å²) in [5, 5.41) is 2.25. The predicted octanol–water partition coefficient (Wildman–Crippen LogP) is 5.97. The van der Waals surface area contributed by atoms with Crippen LogP contribution >= 0.6 is 39.1 Å².